The molecule has 0 bridgehead atoms. The van der Waals surface area contributed by atoms with Crippen LogP contribution in [0.1, 0.15) is 31.1 Å². The molecule has 0 saturated heterocycles. The molecule has 2 rings (SSSR count). The van der Waals surface area contributed by atoms with Gasteiger partial charge in [-0.25, -0.2) is 0 Å². The monoisotopic (exact) mass is 313 g/mol. The van der Waals surface area contributed by atoms with Gasteiger partial charge in [-0.3, -0.25) is 19.8 Å². The lowest BCUT2D eigenvalue weighted by atomic mass is 10.0. The predicted octanol–water partition coefficient (Wildman–Crippen LogP) is 2.29. The van der Waals surface area contributed by atoms with Crippen molar-refractivity contribution in [2.75, 3.05) is 6.54 Å². The van der Waals surface area contributed by atoms with E-state index in [0.29, 0.717) is 28.4 Å². The summed E-state index contributed by atoms with van der Waals surface area (Å²) in [5.74, 6) is -0.834. The van der Waals surface area contributed by atoms with Crippen molar-refractivity contribution in [1.82, 2.24) is 10.4 Å². The molecule has 0 fully saturated rings. The fraction of sp³-hybridized carbons (Fsp3) is 0.235. The summed E-state index contributed by atoms with van der Waals surface area (Å²) in [6.45, 7) is 5.85. The highest BCUT2D eigenvalue weighted by molar-refractivity contribution is 6.16. The Hall–Kier alpha value is -2.73. The van der Waals surface area contributed by atoms with Crippen molar-refractivity contribution >= 4 is 17.6 Å². The molecule has 2 amide bonds. The lowest BCUT2D eigenvalue weighted by Gasteiger charge is -2.26. The van der Waals surface area contributed by atoms with Gasteiger partial charge in [0.2, 0.25) is 0 Å². The minimum Gasteiger partial charge on any atom is -0.321 e. The highest BCUT2D eigenvalue weighted by atomic mass is 16.5. The maximum absolute atomic E-state index is 12.3. The quantitative estimate of drug-likeness (QED) is 0.840. The lowest BCUT2D eigenvalue weighted by Crippen LogP contribution is -2.42. The number of hydrogen-bond acceptors (Lipinski definition) is 4. The Labute approximate surface area is 134 Å². The van der Waals surface area contributed by atoms with Gasteiger partial charge in [-0.2, -0.15) is 5.06 Å². The number of nitrogens with zero attached hydrogens (tertiary/aromatic N) is 2. The molecule has 6 heteroatoms. The van der Waals surface area contributed by atoms with Gasteiger partial charge in [-0.1, -0.05) is 23.8 Å². The van der Waals surface area contributed by atoms with E-state index in [0.717, 1.165) is 5.57 Å². The van der Waals surface area contributed by atoms with Crippen LogP contribution in [0.25, 0.3) is 0 Å². The molecule has 6 nitrogen and oxygen atoms in total. The van der Waals surface area contributed by atoms with Crippen LogP contribution >= 0.6 is 0 Å². The summed E-state index contributed by atoms with van der Waals surface area (Å²) < 4.78 is 0. The molecular formula is C17H19N3O3. The number of rotatable bonds is 3. The first-order valence-corrected chi connectivity index (χ1v) is 7.29. The summed E-state index contributed by atoms with van der Waals surface area (Å²) in [6.07, 6.45) is 1.19. The van der Waals surface area contributed by atoms with Crippen molar-refractivity contribution in [2.24, 2.45) is 4.99 Å². The normalized spacial score (nSPS) is 16.4. The average Bonchev–Trinajstić information content (AvgIpc) is 2.53. The van der Waals surface area contributed by atoms with Gasteiger partial charge in [0.15, 0.2) is 5.84 Å². The van der Waals surface area contributed by atoms with Crippen LogP contribution in [0.3, 0.4) is 0 Å². The molecule has 0 aromatic heterocycles. The molecule has 1 aliphatic rings. The SMILES string of the molecule is CCN=C1C(=C(C)C)C(NC(=O)c2ccccc2)=CC(=O)N1O. The van der Waals surface area contributed by atoms with Gasteiger partial charge in [0.25, 0.3) is 11.8 Å². The van der Waals surface area contributed by atoms with E-state index in [4.69, 9.17) is 0 Å². The number of nitrogens with one attached hydrogen (secondary N) is 1. The molecule has 23 heavy (non-hydrogen) atoms. The van der Waals surface area contributed by atoms with Crippen LogP contribution in [0, 0.1) is 0 Å². The van der Waals surface area contributed by atoms with Crippen LogP contribution in [-0.2, 0) is 4.79 Å². The van der Waals surface area contributed by atoms with E-state index in [1.54, 1.807) is 31.2 Å². The first kappa shape index (κ1) is 16.6. The van der Waals surface area contributed by atoms with Gasteiger partial charge in [-0.15, -0.1) is 0 Å². The first-order chi connectivity index (χ1) is 11.0. The molecule has 120 valence electrons. The number of carbonyl (C=O) groups is 2. The van der Waals surface area contributed by atoms with Crippen molar-refractivity contribution in [1.29, 1.82) is 0 Å². The summed E-state index contributed by atoms with van der Waals surface area (Å²) in [5.41, 5.74) is 2.18. The second kappa shape index (κ2) is 7.02. The number of amidine groups is 1. The molecule has 0 atom stereocenters. The first-order valence-electron chi connectivity index (χ1n) is 7.29. The molecule has 0 spiro atoms. The van der Waals surface area contributed by atoms with E-state index in [-0.39, 0.29) is 11.7 Å². The molecule has 0 unspecified atom stereocenters. The van der Waals surface area contributed by atoms with Crippen LogP contribution in [0.4, 0.5) is 0 Å². The molecule has 1 aromatic carbocycles. The lowest BCUT2D eigenvalue weighted by molar-refractivity contribution is -0.143. The van der Waals surface area contributed by atoms with Crippen molar-refractivity contribution in [3.8, 4) is 0 Å². The third-order valence-corrected chi connectivity index (χ3v) is 3.26. The zero-order valence-electron chi connectivity index (χ0n) is 13.3. The summed E-state index contributed by atoms with van der Waals surface area (Å²) in [4.78, 5) is 28.4. The maximum Gasteiger partial charge on any atom is 0.278 e. The molecule has 1 heterocycles. The van der Waals surface area contributed by atoms with E-state index < -0.39 is 5.91 Å². The van der Waals surface area contributed by atoms with Crippen LogP contribution in [0.15, 0.2) is 58.2 Å². The molecule has 1 aliphatic heterocycles. The minimum absolute atomic E-state index is 0.142. The molecular weight excluding hydrogens is 294 g/mol. The number of hydrogen-bond donors (Lipinski definition) is 2. The maximum atomic E-state index is 12.3. The van der Waals surface area contributed by atoms with Crippen molar-refractivity contribution in [3.63, 3.8) is 0 Å². The Balaban J connectivity index is 2.41. The van der Waals surface area contributed by atoms with Gasteiger partial charge in [0.1, 0.15) is 0 Å². The standard InChI is InChI=1S/C17H19N3O3/c1-4-18-16-15(11(2)3)13(10-14(21)20(16)23)19-17(22)12-8-6-5-7-9-12/h5-10,23H,4H2,1-3H3,(H,19,22). The molecule has 0 radical (unpaired) electrons. The number of hydroxylamine groups is 2. The molecule has 0 aliphatic carbocycles. The average molecular weight is 313 g/mol. The Bertz CT molecular complexity index is 714. The highest BCUT2D eigenvalue weighted by Crippen LogP contribution is 2.22. The second-order valence-corrected chi connectivity index (χ2v) is 5.20. The fourth-order valence-electron chi connectivity index (χ4n) is 2.26. The largest absolute Gasteiger partial charge is 0.321 e. The van der Waals surface area contributed by atoms with Gasteiger partial charge >= 0.3 is 0 Å². The topological polar surface area (TPSA) is 82.0 Å². The molecule has 2 N–H and O–H groups in total. The van der Waals surface area contributed by atoms with Gasteiger partial charge < -0.3 is 5.32 Å². The number of aliphatic imine (C=N–C) groups is 1. The van der Waals surface area contributed by atoms with Crippen molar-refractivity contribution in [3.05, 3.63) is 58.8 Å². The number of carbonyl (C=O) groups excluding carboxylic acids is 2. The third-order valence-electron chi connectivity index (χ3n) is 3.26. The highest BCUT2D eigenvalue weighted by Gasteiger charge is 2.30. The van der Waals surface area contributed by atoms with Crippen LogP contribution < -0.4 is 5.32 Å². The van der Waals surface area contributed by atoms with E-state index in [2.05, 4.69) is 10.3 Å². The van der Waals surface area contributed by atoms with E-state index >= 15 is 0 Å². The Kier molecular flexibility index (Phi) is 5.08. The van der Waals surface area contributed by atoms with Gasteiger partial charge in [0, 0.05) is 23.8 Å². The van der Waals surface area contributed by atoms with Crippen LogP contribution in [0.2, 0.25) is 0 Å². The zero-order valence-corrected chi connectivity index (χ0v) is 13.3. The summed E-state index contributed by atoms with van der Waals surface area (Å²) in [7, 11) is 0. The summed E-state index contributed by atoms with van der Waals surface area (Å²) in [5, 5.41) is 13.2. The minimum atomic E-state index is -0.648. The Morgan fingerprint density at radius 3 is 2.48 bits per heavy atom. The third kappa shape index (κ3) is 3.54. The number of allylic oxidation sites excluding steroid dienone is 1. The number of benzene rings is 1. The summed E-state index contributed by atoms with van der Waals surface area (Å²) >= 11 is 0. The fourth-order valence-corrected chi connectivity index (χ4v) is 2.26. The molecule has 0 saturated carbocycles. The van der Waals surface area contributed by atoms with Gasteiger partial charge in [0.05, 0.1) is 5.70 Å². The Morgan fingerprint density at radius 1 is 1.26 bits per heavy atom. The predicted molar refractivity (Wildman–Crippen MR) is 87.0 cm³/mol. The number of amides is 2. The van der Waals surface area contributed by atoms with Gasteiger partial charge in [-0.05, 0) is 32.9 Å². The van der Waals surface area contributed by atoms with Crippen molar-refractivity contribution in [2.45, 2.75) is 20.8 Å². The Morgan fingerprint density at radius 2 is 1.91 bits per heavy atom. The van der Waals surface area contributed by atoms with E-state index in [9.17, 15) is 14.8 Å². The van der Waals surface area contributed by atoms with E-state index in [1.165, 1.54) is 6.08 Å². The smallest absolute Gasteiger partial charge is 0.278 e. The summed E-state index contributed by atoms with van der Waals surface area (Å²) in [6, 6.07) is 8.70. The van der Waals surface area contributed by atoms with Crippen molar-refractivity contribution < 1.29 is 14.8 Å². The van der Waals surface area contributed by atoms with E-state index in [1.807, 2.05) is 19.9 Å². The zero-order chi connectivity index (χ0) is 17.0. The second-order valence-electron chi connectivity index (χ2n) is 5.20. The molecule has 1 aromatic rings. The van der Waals surface area contributed by atoms with Crippen LogP contribution in [-0.4, -0.2) is 34.5 Å². The van der Waals surface area contributed by atoms with Crippen LogP contribution in [0.5, 0.6) is 0 Å².